The van der Waals surface area contributed by atoms with E-state index in [2.05, 4.69) is 11.6 Å². The number of methoxy groups -OCH3 is 1. The fourth-order valence-electron chi connectivity index (χ4n) is 2.67. The number of nitrogens with one attached hydrogen (secondary N) is 1. The van der Waals surface area contributed by atoms with Crippen LogP contribution in [-0.2, 0) is 4.74 Å². The van der Waals surface area contributed by atoms with E-state index in [1.165, 1.54) is 26.4 Å². The van der Waals surface area contributed by atoms with Gasteiger partial charge in [0.05, 0.1) is 24.0 Å². The Balaban J connectivity index is 2.17. The molecule has 110 valence electrons. The highest BCUT2D eigenvalue weighted by Gasteiger charge is 2.24. The van der Waals surface area contributed by atoms with Crippen LogP contribution in [0.15, 0.2) is 18.2 Å². The second-order valence-electron chi connectivity index (χ2n) is 5.10. The van der Waals surface area contributed by atoms with Crippen molar-refractivity contribution in [3.05, 3.63) is 23.8 Å². The lowest BCUT2D eigenvalue weighted by atomic mass is 9.94. The molecule has 0 aliphatic heterocycles. The van der Waals surface area contributed by atoms with Crippen molar-refractivity contribution in [1.82, 2.24) is 0 Å². The molecule has 3 N–H and O–H groups in total. The zero-order valence-corrected chi connectivity index (χ0v) is 12.8. The normalized spacial score (nSPS) is 22.3. The summed E-state index contributed by atoms with van der Waals surface area (Å²) in [5.41, 5.74) is 8.04. The molecule has 20 heavy (non-hydrogen) atoms. The predicted molar refractivity (Wildman–Crippen MR) is 85.4 cm³/mol. The largest absolute Gasteiger partial charge is 0.465 e. The number of ether oxygens (including phenoxy) is 1. The smallest absolute Gasteiger partial charge is 0.337 e. The molecule has 5 heteroatoms. The molecule has 1 aromatic rings. The van der Waals surface area contributed by atoms with Gasteiger partial charge in [0, 0.05) is 11.3 Å². The summed E-state index contributed by atoms with van der Waals surface area (Å²) in [5, 5.41) is 4.12. The third-order valence-electron chi connectivity index (χ3n) is 3.82. The van der Waals surface area contributed by atoms with Crippen molar-refractivity contribution in [1.29, 1.82) is 0 Å². The second kappa shape index (κ2) is 6.88. The molecule has 1 aromatic carbocycles. The van der Waals surface area contributed by atoms with Crippen LogP contribution in [-0.4, -0.2) is 30.6 Å². The molecule has 2 rings (SSSR count). The van der Waals surface area contributed by atoms with E-state index < -0.39 is 0 Å². The Bertz CT molecular complexity index is 479. The van der Waals surface area contributed by atoms with Gasteiger partial charge in [-0.1, -0.05) is 12.8 Å². The van der Waals surface area contributed by atoms with Crippen molar-refractivity contribution < 1.29 is 9.53 Å². The zero-order chi connectivity index (χ0) is 14.5. The summed E-state index contributed by atoms with van der Waals surface area (Å²) in [5.74, 6) is -0.335. The highest BCUT2D eigenvalue weighted by molar-refractivity contribution is 7.99. The average Bonchev–Trinajstić information content (AvgIpc) is 2.49. The van der Waals surface area contributed by atoms with Crippen LogP contribution >= 0.6 is 11.8 Å². The monoisotopic (exact) mass is 294 g/mol. The maximum atomic E-state index is 11.6. The number of anilines is 2. The molecular formula is C15H22N2O2S. The Labute approximate surface area is 124 Å². The molecule has 0 heterocycles. The van der Waals surface area contributed by atoms with Gasteiger partial charge in [0.15, 0.2) is 0 Å². The van der Waals surface area contributed by atoms with Crippen LogP contribution in [0.1, 0.15) is 36.0 Å². The first-order valence-corrected chi connectivity index (χ1v) is 8.21. The highest BCUT2D eigenvalue weighted by Crippen LogP contribution is 2.31. The summed E-state index contributed by atoms with van der Waals surface area (Å²) < 4.78 is 4.75. The molecule has 1 aliphatic rings. The minimum atomic E-state index is -0.335. The van der Waals surface area contributed by atoms with E-state index in [4.69, 9.17) is 10.5 Å². The number of benzene rings is 1. The molecule has 4 nitrogen and oxygen atoms in total. The SMILES string of the molecule is COC(=O)c1ccc(N)c(NC2CCCCC2SC)c1. The molecule has 0 aromatic heterocycles. The van der Waals surface area contributed by atoms with Crippen molar-refractivity contribution in [2.45, 2.75) is 37.0 Å². The summed E-state index contributed by atoms with van der Waals surface area (Å²) in [6, 6.07) is 5.65. The van der Waals surface area contributed by atoms with Crippen LogP contribution in [0.3, 0.4) is 0 Å². The van der Waals surface area contributed by atoms with Crippen molar-refractivity contribution in [3.8, 4) is 0 Å². The molecule has 1 fully saturated rings. The molecule has 0 bridgehead atoms. The number of esters is 1. The number of nitrogens with two attached hydrogens (primary N) is 1. The van der Waals surface area contributed by atoms with Crippen molar-refractivity contribution >= 4 is 29.1 Å². The van der Waals surface area contributed by atoms with E-state index in [0.717, 1.165) is 12.1 Å². The molecule has 1 aliphatic carbocycles. The number of carbonyl (C=O) groups excluding carboxylic acids is 1. The Hall–Kier alpha value is -1.36. The van der Waals surface area contributed by atoms with Crippen molar-refractivity contribution in [2.75, 3.05) is 24.4 Å². The predicted octanol–water partition coefficient (Wildman–Crippen LogP) is 3.14. The van der Waals surface area contributed by atoms with Crippen LogP contribution in [0.4, 0.5) is 11.4 Å². The van der Waals surface area contributed by atoms with E-state index in [1.807, 2.05) is 11.8 Å². The van der Waals surface area contributed by atoms with Gasteiger partial charge in [0.1, 0.15) is 0 Å². The summed E-state index contributed by atoms with van der Waals surface area (Å²) in [7, 11) is 1.39. The lowest BCUT2D eigenvalue weighted by molar-refractivity contribution is 0.0601. The van der Waals surface area contributed by atoms with Crippen LogP contribution in [0, 0.1) is 0 Å². The van der Waals surface area contributed by atoms with E-state index in [-0.39, 0.29) is 5.97 Å². The van der Waals surface area contributed by atoms with Crippen LogP contribution in [0.2, 0.25) is 0 Å². The number of carbonyl (C=O) groups is 1. The quantitative estimate of drug-likeness (QED) is 0.660. The topological polar surface area (TPSA) is 64.3 Å². The molecular weight excluding hydrogens is 272 g/mol. The van der Waals surface area contributed by atoms with Crippen LogP contribution in [0.5, 0.6) is 0 Å². The summed E-state index contributed by atoms with van der Waals surface area (Å²) in [6.07, 6.45) is 7.06. The zero-order valence-electron chi connectivity index (χ0n) is 12.0. The summed E-state index contributed by atoms with van der Waals surface area (Å²) in [6.45, 7) is 0. The first kappa shape index (κ1) is 15.0. The first-order valence-electron chi connectivity index (χ1n) is 6.93. The van der Waals surface area contributed by atoms with Gasteiger partial charge in [-0.05, 0) is 37.3 Å². The first-order chi connectivity index (χ1) is 9.65. The summed E-state index contributed by atoms with van der Waals surface area (Å²) >= 11 is 1.90. The fourth-order valence-corrected chi connectivity index (χ4v) is 3.60. The van der Waals surface area contributed by atoms with E-state index in [0.29, 0.717) is 22.5 Å². The van der Waals surface area contributed by atoms with Gasteiger partial charge in [-0.2, -0.15) is 11.8 Å². The van der Waals surface area contributed by atoms with Crippen LogP contribution < -0.4 is 11.1 Å². The summed E-state index contributed by atoms with van der Waals surface area (Å²) in [4.78, 5) is 11.6. The van der Waals surface area contributed by atoms with Gasteiger partial charge in [-0.3, -0.25) is 0 Å². The molecule has 2 unspecified atom stereocenters. The van der Waals surface area contributed by atoms with E-state index in [9.17, 15) is 4.79 Å². The van der Waals surface area contributed by atoms with Crippen LogP contribution in [0.25, 0.3) is 0 Å². The lowest BCUT2D eigenvalue weighted by Crippen LogP contribution is -2.34. The van der Waals surface area contributed by atoms with Gasteiger partial charge in [-0.25, -0.2) is 4.79 Å². The molecule has 2 atom stereocenters. The van der Waals surface area contributed by atoms with Gasteiger partial charge >= 0.3 is 5.97 Å². The Morgan fingerprint density at radius 3 is 2.85 bits per heavy atom. The fraction of sp³-hybridized carbons (Fsp3) is 0.533. The minimum absolute atomic E-state index is 0.335. The minimum Gasteiger partial charge on any atom is -0.465 e. The number of rotatable bonds is 4. The molecule has 0 spiro atoms. The highest BCUT2D eigenvalue weighted by atomic mass is 32.2. The lowest BCUT2D eigenvalue weighted by Gasteiger charge is -2.32. The maximum absolute atomic E-state index is 11.6. The molecule has 0 radical (unpaired) electrons. The average molecular weight is 294 g/mol. The number of nitrogen functional groups attached to an aromatic ring is 1. The van der Waals surface area contributed by atoms with E-state index >= 15 is 0 Å². The van der Waals surface area contributed by atoms with Crippen molar-refractivity contribution in [2.24, 2.45) is 0 Å². The third-order valence-corrected chi connectivity index (χ3v) is 4.99. The number of thioether (sulfide) groups is 1. The number of hydrogen-bond acceptors (Lipinski definition) is 5. The Kier molecular flexibility index (Phi) is 5.17. The third kappa shape index (κ3) is 3.39. The van der Waals surface area contributed by atoms with E-state index in [1.54, 1.807) is 18.2 Å². The number of hydrogen-bond donors (Lipinski definition) is 2. The van der Waals surface area contributed by atoms with Gasteiger partial charge < -0.3 is 15.8 Å². The Morgan fingerprint density at radius 2 is 2.15 bits per heavy atom. The molecule has 1 saturated carbocycles. The van der Waals surface area contributed by atoms with Gasteiger partial charge in [-0.15, -0.1) is 0 Å². The second-order valence-corrected chi connectivity index (χ2v) is 6.18. The van der Waals surface area contributed by atoms with Crippen molar-refractivity contribution in [3.63, 3.8) is 0 Å². The molecule has 0 saturated heterocycles. The Morgan fingerprint density at radius 1 is 1.40 bits per heavy atom. The standard InChI is InChI=1S/C15H22N2O2S/c1-19-15(18)10-7-8-11(16)13(9-10)17-12-5-3-4-6-14(12)20-2/h7-9,12,14,17H,3-6,16H2,1-2H3. The van der Waals surface area contributed by atoms with Gasteiger partial charge in [0.2, 0.25) is 0 Å². The van der Waals surface area contributed by atoms with Gasteiger partial charge in [0.25, 0.3) is 0 Å². The molecule has 0 amide bonds. The maximum Gasteiger partial charge on any atom is 0.337 e.